The molecule has 0 aromatic carbocycles. The number of likely N-dealkylation sites (N-methyl/N-ethyl adjacent to an activating group) is 1. The van der Waals surface area contributed by atoms with Gasteiger partial charge in [0.15, 0.2) is 0 Å². The van der Waals surface area contributed by atoms with Crippen molar-refractivity contribution >= 4 is 17.7 Å². The van der Waals surface area contributed by atoms with E-state index in [1.807, 2.05) is 25.3 Å². The van der Waals surface area contributed by atoms with Gasteiger partial charge in [-0.15, -0.1) is 0 Å². The first-order valence-electron chi connectivity index (χ1n) is 5.74. The number of hydrogen-bond donors (Lipinski definition) is 1. The molecule has 0 unspecified atom stereocenters. The predicted octanol–water partition coefficient (Wildman–Crippen LogP) is 1.71. The van der Waals surface area contributed by atoms with Gasteiger partial charge in [-0.05, 0) is 37.5 Å². The van der Waals surface area contributed by atoms with Crippen molar-refractivity contribution in [3.05, 3.63) is 24.2 Å². The molecule has 0 aliphatic heterocycles. The molecule has 2 N–H and O–H groups in total. The molecule has 4 nitrogen and oxygen atoms in total. The fourth-order valence-corrected chi connectivity index (χ4v) is 2.03. The van der Waals surface area contributed by atoms with Crippen LogP contribution in [0.3, 0.4) is 0 Å². The van der Waals surface area contributed by atoms with E-state index in [0.717, 1.165) is 11.5 Å². The van der Waals surface area contributed by atoms with Crippen molar-refractivity contribution in [1.82, 2.24) is 4.90 Å². The number of nitrogens with zero attached hydrogens (tertiary/aromatic N) is 1. The van der Waals surface area contributed by atoms with Gasteiger partial charge in [-0.25, -0.2) is 0 Å². The van der Waals surface area contributed by atoms with Gasteiger partial charge in [0.2, 0.25) is 5.91 Å². The summed E-state index contributed by atoms with van der Waals surface area (Å²) in [5.41, 5.74) is 5.87. The van der Waals surface area contributed by atoms with Gasteiger partial charge < -0.3 is 15.1 Å². The van der Waals surface area contributed by atoms with E-state index in [2.05, 4.69) is 0 Å². The molecule has 0 spiro atoms. The molecule has 1 rings (SSSR count). The summed E-state index contributed by atoms with van der Waals surface area (Å²) in [6, 6.07) is 3.28. The maximum absolute atomic E-state index is 12.1. The maximum Gasteiger partial charge on any atom is 0.239 e. The zero-order valence-corrected chi connectivity index (χ0v) is 11.2. The number of thioether (sulfide) groups is 1. The summed E-state index contributed by atoms with van der Waals surface area (Å²) in [7, 11) is 0. The highest BCUT2D eigenvalue weighted by Gasteiger charge is 2.20. The Morgan fingerprint density at radius 3 is 2.94 bits per heavy atom. The molecule has 1 heterocycles. The minimum Gasteiger partial charge on any atom is -0.467 e. The Kier molecular flexibility index (Phi) is 6.15. The second-order valence-electron chi connectivity index (χ2n) is 3.82. The number of furan rings is 1. The van der Waals surface area contributed by atoms with Crippen molar-refractivity contribution in [2.75, 3.05) is 18.6 Å². The van der Waals surface area contributed by atoms with Crippen LogP contribution in [0.15, 0.2) is 22.8 Å². The van der Waals surface area contributed by atoms with Gasteiger partial charge in [0.25, 0.3) is 0 Å². The van der Waals surface area contributed by atoms with E-state index in [-0.39, 0.29) is 5.91 Å². The largest absolute Gasteiger partial charge is 0.467 e. The van der Waals surface area contributed by atoms with Gasteiger partial charge in [0.1, 0.15) is 5.76 Å². The van der Waals surface area contributed by atoms with E-state index in [0.29, 0.717) is 19.5 Å². The van der Waals surface area contributed by atoms with Crippen LogP contribution in [0.4, 0.5) is 0 Å². The monoisotopic (exact) mass is 256 g/mol. The minimum atomic E-state index is -0.405. The van der Waals surface area contributed by atoms with E-state index in [1.54, 1.807) is 22.9 Å². The molecule has 0 saturated heterocycles. The highest BCUT2D eigenvalue weighted by Crippen LogP contribution is 2.08. The number of rotatable bonds is 7. The van der Waals surface area contributed by atoms with Gasteiger partial charge >= 0.3 is 0 Å². The predicted molar refractivity (Wildman–Crippen MR) is 70.8 cm³/mol. The number of carbonyl (C=O) groups excluding carboxylic acids is 1. The van der Waals surface area contributed by atoms with Gasteiger partial charge in [0.05, 0.1) is 18.8 Å². The van der Waals surface area contributed by atoms with Crippen molar-refractivity contribution in [3.63, 3.8) is 0 Å². The van der Waals surface area contributed by atoms with E-state index in [1.165, 1.54) is 0 Å². The third kappa shape index (κ3) is 4.44. The minimum absolute atomic E-state index is 0.00190. The lowest BCUT2D eigenvalue weighted by atomic mass is 10.2. The molecule has 0 aliphatic carbocycles. The molecular weight excluding hydrogens is 236 g/mol. The second-order valence-corrected chi connectivity index (χ2v) is 4.81. The molecule has 1 amide bonds. The fourth-order valence-electron chi connectivity index (χ4n) is 1.54. The lowest BCUT2D eigenvalue weighted by molar-refractivity contribution is -0.133. The first kappa shape index (κ1) is 14.1. The Morgan fingerprint density at radius 2 is 2.41 bits per heavy atom. The number of nitrogens with two attached hydrogens (primary N) is 1. The molecule has 1 atom stereocenters. The number of carbonyl (C=O) groups is 1. The third-order valence-corrected chi connectivity index (χ3v) is 3.21. The Bertz CT molecular complexity index is 327. The molecule has 1 aromatic heterocycles. The molecular formula is C12H20N2O2S. The summed E-state index contributed by atoms with van der Waals surface area (Å²) >= 11 is 1.70. The van der Waals surface area contributed by atoms with Crippen LogP contribution in [-0.4, -0.2) is 35.4 Å². The van der Waals surface area contributed by atoms with Gasteiger partial charge in [-0.2, -0.15) is 11.8 Å². The highest BCUT2D eigenvalue weighted by atomic mass is 32.2. The summed E-state index contributed by atoms with van der Waals surface area (Å²) in [5.74, 6) is 1.70. The summed E-state index contributed by atoms with van der Waals surface area (Å²) in [5, 5.41) is 0. The molecule has 5 heteroatoms. The Hall–Kier alpha value is -0.940. The van der Waals surface area contributed by atoms with E-state index in [9.17, 15) is 4.79 Å². The molecule has 96 valence electrons. The van der Waals surface area contributed by atoms with Crippen LogP contribution in [0.5, 0.6) is 0 Å². The Labute approximate surface area is 107 Å². The van der Waals surface area contributed by atoms with E-state index in [4.69, 9.17) is 10.2 Å². The van der Waals surface area contributed by atoms with Crippen LogP contribution in [-0.2, 0) is 11.3 Å². The maximum atomic E-state index is 12.1. The van der Waals surface area contributed by atoms with Crippen LogP contribution in [0.25, 0.3) is 0 Å². The quantitative estimate of drug-likeness (QED) is 0.807. The lowest BCUT2D eigenvalue weighted by Crippen LogP contribution is -2.43. The van der Waals surface area contributed by atoms with Crippen molar-refractivity contribution in [2.45, 2.75) is 25.9 Å². The van der Waals surface area contributed by atoms with Crippen LogP contribution in [0.1, 0.15) is 19.1 Å². The number of hydrogen-bond acceptors (Lipinski definition) is 4. The van der Waals surface area contributed by atoms with Crippen LogP contribution >= 0.6 is 11.8 Å². The number of amides is 1. The standard InChI is InChI=1S/C12H20N2O2S/c1-3-14(9-10-5-4-7-16-10)12(15)11(13)6-8-17-2/h4-5,7,11H,3,6,8-9,13H2,1-2H3/t11-/m1/s1. The summed E-state index contributed by atoms with van der Waals surface area (Å²) in [6.45, 7) is 3.09. The lowest BCUT2D eigenvalue weighted by Gasteiger charge is -2.23. The van der Waals surface area contributed by atoms with Crippen LogP contribution in [0.2, 0.25) is 0 Å². The van der Waals surface area contributed by atoms with Gasteiger partial charge in [0, 0.05) is 6.54 Å². The highest BCUT2D eigenvalue weighted by molar-refractivity contribution is 7.98. The molecule has 0 bridgehead atoms. The average molecular weight is 256 g/mol. The SMILES string of the molecule is CCN(Cc1ccco1)C(=O)[C@H](N)CCSC. The third-order valence-electron chi connectivity index (χ3n) is 2.57. The zero-order valence-electron chi connectivity index (χ0n) is 10.4. The van der Waals surface area contributed by atoms with Crippen molar-refractivity contribution < 1.29 is 9.21 Å². The topological polar surface area (TPSA) is 59.5 Å². The first-order chi connectivity index (χ1) is 8.19. The molecule has 0 fully saturated rings. The van der Waals surface area contributed by atoms with Crippen LogP contribution in [0, 0.1) is 0 Å². The molecule has 1 aromatic rings. The van der Waals surface area contributed by atoms with Crippen molar-refractivity contribution in [1.29, 1.82) is 0 Å². The molecule has 0 saturated carbocycles. The Balaban J connectivity index is 2.51. The van der Waals surface area contributed by atoms with Gasteiger partial charge in [-0.1, -0.05) is 0 Å². The molecule has 17 heavy (non-hydrogen) atoms. The van der Waals surface area contributed by atoms with Gasteiger partial charge in [-0.3, -0.25) is 4.79 Å². The molecule has 0 aliphatic rings. The zero-order chi connectivity index (χ0) is 12.7. The summed E-state index contributed by atoms with van der Waals surface area (Å²) in [4.78, 5) is 13.8. The van der Waals surface area contributed by atoms with E-state index >= 15 is 0 Å². The second kappa shape index (κ2) is 7.40. The van der Waals surface area contributed by atoms with E-state index < -0.39 is 6.04 Å². The Morgan fingerprint density at radius 1 is 1.65 bits per heavy atom. The smallest absolute Gasteiger partial charge is 0.239 e. The molecule has 0 radical (unpaired) electrons. The summed E-state index contributed by atoms with van der Waals surface area (Å²) in [6.07, 6.45) is 4.34. The fraction of sp³-hybridized carbons (Fsp3) is 0.583. The van der Waals surface area contributed by atoms with Crippen LogP contribution < -0.4 is 5.73 Å². The summed E-state index contributed by atoms with van der Waals surface area (Å²) < 4.78 is 5.24. The van der Waals surface area contributed by atoms with Crippen molar-refractivity contribution in [2.24, 2.45) is 5.73 Å². The normalized spacial score (nSPS) is 12.4. The average Bonchev–Trinajstić information content (AvgIpc) is 2.84. The first-order valence-corrected chi connectivity index (χ1v) is 7.14. The van der Waals surface area contributed by atoms with Crippen molar-refractivity contribution in [3.8, 4) is 0 Å².